The summed E-state index contributed by atoms with van der Waals surface area (Å²) in [7, 11) is 0. The van der Waals surface area contributed by atoms with Crippen molar-refractivity contribution in [1.29, 1.82) is 0 Å². The van der Waals surface area contributed by atoms with E-state index in [9.17, 15) is 9.90 Å². The van der Waals surface area contributed by atoms with Crippen LogP contribution in [0.5, 0.6) is 5.75 Å². The van der Waals surface area contributed by atoms with Crippen LogP contribution in [0.2, 0.25) is 0 Å². The number of aryl methyl sites for hydroxylation is 1. The number of nitrogens with zero attached hydrogens (tertiary/aromatic N) is 2. The summed E-state index contributed by atoms with van der Waals surface area (Å²) in [5, 5.41) is 9.85. The van der Waals surface area contributed by atoms with Crippen molar-refractivity contribution in [2.45, 2.75) is 13.8 Å². The van der Waals surface area contributed by atoms with E-state index in [-0.39, 0.29) is 11.3 Å². The lowest BCUT2D eigenvalue weighted by atomic mass is 10.1. The summed E-state index contributed by atoms with van der Waals surface area (Å²) >= 11 is 6.63. The molecule has 5 nitrogen and oxygen atoms in total. The van der Waals surface area contributed by atoms with Crippen LogP contribution < -0.4 is 5.63 Å². The van der Waals surface area contributed by atoms with Gasteiger partial charge in [0.25, 0.3) is 0 Å². The van der Waals surface area contributed by atoms with Crippen molar-refractivity contribution in [1.82, 2.24) is 4.98 Å². The van der Waals surface area contributed by atoms with Crippen molar-refractivity contribution in [3.05, 3.63) is 49.0 Å². The average molecular weight is 402 g/mol. The molecule has 0 fully saturated rings. The average Bonchev–Trinajstić information content (AvgIpc) is 2.31. The molecule has 0 saturated heterocycles. The van der Waals surface area contributed by atoms with Gasteiger partial charge < -0.3 is 9.52 Å². The van der Waals surface area contributed by atoms with Gasteiger partial charge in [-0.15, -0.1) is 0 Å². The summed E-state index contributed by atoms with van der Waals surface area (Å²) < 4.78 is 6.43. The minimum Gasteiger partial charge on any atom is -0.507 e. The number of hydrogen-bond donors (Lipinski definition) is 1. The lowest BCUT2D eigenvalue weighted by Gasteiger charge is -2.04. The fourth-order valence-electron chi connectivity index (χ4n) is 1.63. The quantitative estimate of drug-likeness (QED) is 0.778. The van der Waals surface area contributed by atoms with Gasteiger partial charge in [-0.2, -0.15) is 0 Å². The summed E-state index contributed by atoms with van der Waals surface area (Å²) in [6, 6.07) is 3.16. The molecule has 0 saturated carbocycles. The van der Waals surface area contributed by atoms with E-state index in [1.54, 1.807) is 26.1 Å². The molecular weight excluding hydrogens is 392 g/mol. The number of halogens is 2. The van der Waals surface area contributed by atoms with E-state index >= 15 is 0 Å². The molecule has 2 rings (SSSR count). The molecule has 0 unspecified atom stereocenters. The van der Waals surface area contributed by atoms with Crippen LogP contribution in [0.1, 0.15) is 18.2 Å². The zero-order chi connectivity index (χ0) is 14.9. The van der Waals surface area contributed by atoms with Gasteiger partial charge >= 0.3 is 5.63 Å². The third-order valence-corrected chi connectivity index (χ3v) is 3.49. The van der Waals surface area contributed by atoms with Crippen molar-refractivity contribution >= 4 is 43.4 Å². The van der Waals surface area contributed by atoms with Crippen LogP contribution in [0.4, 0.5) is 5.82 Å². The summed E-state index contributed by atoms with van der Waals surface area (Å²) in [6.45, 7) is 3.20. The predicted molar refractivity (Wildman–Crippen MR) is 82.9 cm³/mol. The Morgan fingerprint density at radius 3 is 2.70 bits per heavy atom. The predicted octanol–water partition coefficient (Wildman–Crippen LogP) is 3.71. The topological polar surface area (TPSA) is 75.7 Å². The van der Waals surface area contributed by atoms with Gasteiger partial charge in [0.1, 0.15) is 17.1 Å². The first-order chi connectivity index (χ1) is 9.38. The van der Waals surface area contributed by atoms with Gasteiger partial charge in [0.15, 0.2) is 5.82 Å². The van der Waals surface area contributed by atoms with Gasteiger partial charge in [0.05, 0.1) is 10.2 Å². The van der Waals surface area contributed by atoms with Gasteiger partial charge in [-0.25, -0.2) is 14.8 Å². The molecule has 0 bridgehead atoms. The first kappa shape index (κ1) is 14.9. The van der Waals surface area contributed by atoms with E-state index in [4.69, 9.17) is 4.42 Å². The monoisotopic (exact) mass is 400 g/mol. The van der Waals surface area contributed by atoms with E-state index in [1.807, 2.05) is 0 Å². The van der Waals surface area contributed by atoms with Crippen LogP contribution in [0.15, 0.2) is 41.5 Å². The Kier molecular flexibility index (Phi) is 4.39. The fraction of sp³-hybridized carbons (Fsp3) is 0.154. The minimum atomic E-state index is -0.628. The molecule has 0 radical (unpaired) electrons. The highest BCUT2D eigenvalue weighted by Crippen LogP contribution is 2.27. The Hall–Kier alpha value is -1.47. The van der Waals surface area contributed by atoms with E-state index in [1.165, 1.54) is 6.07 Å². The third-order valence-electron chi connectivity index (χ3n) is 2.48. The van der Waals surface area contributed by atoms with E-state index in [0.717, 1.165) is 4.47 Å². The Bertz CT molecular complexity index is 754. The molecule has 2 heterocycles. The van der Waals surface area contributed by atoms with Crippen LogP contribution in [0.25, 0.3) is 0 Å². The molecule has 2 aromatic rings. The second-order valence-corrected chi connectivity index (χ2v) is 5.83. The Morgan fingerprint density at radius 2 is 2.10 bits per heavy atom. The lowest BCUT2D eigenvalue weighted by Crippen LogP contribution is -2.13. The van der Waals surface area contributed by atoms with Gasteiger partial charge in [0, 0.05) is 16.7 Å². The van der Waals surface area contributed by atoms with Crippen molar-refractivity contribution < 1.29 is 9.52 Å². The van der Waals surface area contributed by atoms with Crippen LogP contribution in [-0.2, 0) is 0 Å². The van der Waals surface area contributed by atoms with E-state index < -0.39 is 5.63 Å². The van der Waals surface area contributed by atoms with Gasteiger partial charge in [-0.05, 0) is 51.8 Å². The van der Waals surface area contributed by atoms with Gasteiger partial charge in [0.2, 0.25) is 0 Å². The number of aromatic nitrogens is 1. The molecular formula is C13H10Br2N2O3. The summed E-state index contributed by atoms with van der Waals surface area (Å²) in [4.78, 5) is 20.1. The summed E-state index contributed by atoms with van der Waals surface area (Å²) in [5.74, 6) is 0.588. The van der Waals surface area contributed by atoms with Crippen molar-refractivity contribution in [2.75, 3.05) is 0 Å². The largest absolute Gasteiger partial charge is 0.507 e. The maximum atomic E-state index is 11.8. The zero-order valence-electron chi connectivity index (χ0n) is 10.6. The Morgan fingerprint density at radius 1 is 1.40 bits per heavy atom. The SMILES string of the molecule is C/C(=N\c1ncc(Br)cc1Br)c1c(O)cc(C)oc1=O. The van der Waals surface area contributed by atoms with Gasteiger partial charge in [-0.1, -0.05) is 0 Å². The molecule has 104 valence electrons. The molecule has 0 aliphatic heterocycles. The van der Waals surface area contributed by atoms with Gasteiger partial charge in [-0.3, -0.25) is 0 Å². The highest BCUT2D eigenvalue weighted by atomic mass is 79.9. The summed E-state index contributed by atoms with van der Waals surface area (Å²) in [5.41, 5.74) is -0.268. The number of rotatable bonds is 2. The normalized spacial score (nSPS) is 11.7. The molecule has 2 aromatic heterocycles. The highest BCUT2D eigenvalue weighted by Gasteiger charge is 2.13. The molecule has 0 aromatic carbocycles. The molecule has 0 aliphatic rings. The maximum absolute atomic E-state index is 11.8. The Labute approximate surface area is 131 Å². The van der Waals surface area contributed by atoms with Crippen LogP contribution >= 0.6 is 31.9 Å². The molecule has 0 spiro atoms. The molecule has 7 heteroatoms. The number of aromatic hydroxyl groups is 1. The summed E-state index contributed by atoms with van der Waals surface area (Å²) in [6.07, 6.45) is 1.59. The molecule has 20 heavy (non-hydrogen) atoms. The second kappa shape index (κ2) is 5.88. The molecule has 0 amide bonds. The lowest BCUT2D eigenvalue weighted by molar-refractivity contribution is 0.432. The maximum Gasteiger partial charge on any atom is 0.348 e. The van der Waals surface area contributed by atoms with Crippen LogP contribution in [0.3, 0.4) is 0 Å². The Balaban J connectivity index is 2.53. The smallest absolute Gasteiger partial charge is 0.348 e. The third kappa shape index (κ3) is 3.16. The van der Waals surface area contributed by atoms with E-state index in [2.05, 4.69) is 41.8 Å². The number of aliphatic imine (C=N–C) groups is 1. The van der Waals surface area contributed by atoms with Crippen LogP contribution in [0, 0.1) is 6.92 Å². The minimum absolute atomic E-state index is 0.0345. The van der Waals surface area contributed by atoms with Crippen LogP contribution in [-0.4, -0.2) is 15.8 Å². The molecule has 1 N–H and O–H groups in total. The zero-order valence-corrected chi connectivity index (χ0v) is 13.8. The molecule has 0 atom stereocenters. The first-order valence-corrected chi connectivity index (χ1v) is 7.17. The first-order valence-electron chi connectivity index (χ1n) is 5.59. The van der Waals surface area contributed by atoms with Crippen molar-refractivity contribution in [2.24, 2.45) is 4.99 Å². The standard InChI is InChI=1S/C13H10Br2N2O3/c1-6-3-10(18)11(13(19)20-6)7(2)17-12-9(15)4-8(14)5-16-12/h3-5,18H,1-2H3/b17-7+. The number of pyridine rings is 1. The second-order valence-electron chi connectivity index (χ2n) is 4.06. The van der Waals surface area contributed by atoms with Crippen molar-refractivity contribution in [3.8, 4) is 5.75 Å². The fourth-order valence-corrected chi connectivity index (χ4v) is 2.71. The van der Waals surface area contributed by atoms with Crippen molar-refractivity contribution in [3.63, 3.8) is 0 Å². The number of hydrogen-bond acceptors (Lipinski definition) is 5. The highest BCUT2D eigenvalue weighted by molar-refractivity contribution is 9.11. The molecule has 0 aliphatic carbocycles. The van der Waals surface area contributed by atoms with E-state index in [0.29, 0.717) is 21.8 Å².